The van der Waals surface area contributed by atoms with Crippen molar-refractivity contribution in [1.82, 2.24) is 9.80 Å². The van der Waals surface area contributed by atoms with E-state index in [2.05, 4.69) is 16.7 Å². The second-order valence-corrected chi connectivity index (χ2v) is 6.78. The van der Waals surface area contributed by atoms with Gasteiger partial charge in [0.2, 0.25) is 0 Å². The van der Waals surface area contributed by atoms with E-state index in [1.807, 2.05) is 0 Å². The van der Waals surface area contributed by atoms with Gasteiger partial charge >= 0.3 is 5.69 Å². The van der Waals surface area contributed by atoms with Gasteiger partial charge in [0, 0.05) is 37.8 Å². The number of aliphatic hydroxyl groups is 1. The number of aliphatic hydroxyl groups excluding tert-OH is 1. The van der Waals surface area contributed by atoms with Crippen molar-refractivity contribution in [1.29, 1.82) is 0 Å². The topological polar surface area (TPSA) is 79.1 Å². The summed E-state index contributed by atoms with van der Waals surface area (Å²) in [5, 5.41) is 21.3. The second kappa shape index (κ2) is 7.46. The number of nitro benzene ring substituents is 1. The minimum Gasteiger partial charge on any atom is -0.484 e. The van der Waals surface area contributed by atoms with Crippen LogP contribution in [0.3, 0.4) is 0 Å². The fraction of sp³-hybridized carbons (Fsp3) is 0.647. The summed E-state index contributed by atoms with van der Waals surface area (Å²) in [4.78, 5) is 15.4. The molecule has 0 radical (unpaired) electrons. The van der Waals surface area contributed by atoms with Crippen molar-refractivity contribution in [3.8, 4) is 5.75 Å². The van der Waals surface area contributed by atoms with Crippen molar-refractivity contribution in [2.24, 2.45) is 0 Å². The number of rotatable bonds is 6. The zero-order valence-corrected chi connectivity index (χ0v) is 14.0. The summed E-state index contributed by atoms with van der Waals surface area (Å²) in [6.07, 6.45) is 1.82. The first kappa shape index (κ1) is 17.1. The lowest BCUT2D eigenvalue weighted by molar-refractivity contribution is -0.385. The molecule has 0 spiro atoms. The van der Waals surface area contributed by atoms with E-state index in [-0.39, 0.29) is 18.0 Å². The van der Waals surface area contributed by atoms with Crippen LogP contribution < -0.4 is 4.74 Å². The van der Waals surface area contributed by atoms with Crippen molar-refractivity contribution < 1.29 is 14.8 Å². The summed E-state index contributed by atoms with van der Waals surface area (Å²) in [5.74, 6) is 0.204. The molecule has 132 valence electrons. The lowest BCUT2D eigenvalue weighted by Crippen LogP contribution is -2.56. The van der Waals surface area contributed by atoms with Crippen LogP contribution in [0.25, 0.3) is 0 Å². The Balaban J connectivity index is 1.52. The van der Waals surface area contributed by atoms with Gasteiger partial charge in [-0.05, 0) is 32.4 Å². The zero-order valence-electron chi connectivity index (χ0n) is 14.0. The number of ether oxygens (including phenoxy) is 1. The molecule has 2 aliphatic rings. The van der Waals surface area contributed by atoms with Crippen LogP contribution in [0, 0.1) is 10.1 Å². The largest absolute Gasteiger partial charge is 0.484 e. The molecule has 1 aromatic carbocycles. The highest BCUT2D eigenvalue weighted by atomic mass is 16.6. The molecule has 0 saturated carbocycles. The predicted octanol–water partition coefficient (Wildman–Crippen LogP) is 1.50. The first-order chi connectivity index (χ1) is 11.5. The average Bonchev–Trinajstić information content (AvgIpc) is 3.00. The molecule has 0 aromatic heterocycles. The Morgan fingerprint density at radius 1 is 1.42 bits per heavy atom. The normalized spacial score (nSPS) is 26.1. The summed E-state index contributed by atoms with van der Waals surface area (Å²) in [6.45, 7) is 5.98. The highest BCUT2D eigenvalue weighted by molar-refractivity contribution is 5.45. The fourth-order valence-electron chi connectivity index (χ4n) is 3.74. The summed E-state index contributed by atoms with van der Waals surface area (Å²) in [7, 11) is 0. The van der Waals surface area contributed by atoms with E-state index in [0.29, 0.717) is 18.6 Å². The van der Waals surface area contributed by atoms with Gasteiger partial charge in [-0.2, -0.15) is 0 Å². The molecule has 24 heavy (non-hydrogen) atoms. The van der Waals surface area contributed by atoms with E-state index < -0.39 is 11.0 Å². The Kier molecular flexibility index (Phi) is 5.33. The van der Waals surface area contributed by atoms with Crippen molar-refractivity contribution in [3.63, 3.8) is 0 Å². The SMILES string of the molecule is C[C@@H]1CN2CCC[C@@H]2CN1C[C@H](O)COc1ccccc1[N+](=O)[O-]. The Bertz CT molecular complexity index is 583. The molecule has 0 unspecified atom stereocenters. The van der Waals surface area contributed by atoms with E-state index in [1.165, 1.54) is 25.5 Å². The smallest absolute Gasteiger partial charge is 0.310 e. The molecule has 0 bridgehead atoms. The van der Waals surface area contributed by atoms with Gasteiger partial charge in [-0.15, -0.1) is 0 Å². The van der Waals surface area contributed by atoms with Crippen molar-refractivity contribution >= 4 is 5.69 Å². The van der Waals surface area contributed by atoms with Crippen LogP contribution in [0.4, 0.5) is 5.69 Å². The quantitative estimate of drug-likeness (QED) is 0.627. The zero-order chi connectivity index (χ0) is 17.1. The molecule has 2 saturated heterocycles. The van der Waals surface area contributed by atoms with Gasteiger partial charge in [0.05, 0.1) is 4.92 Å². The van der Waals surface area contributed by atoms with E-state index in [0.717, 1.165) is 13.1 Å². The molecule has 7 nitrogen and oxygen atoms in total. The molecular formula is C17H25N3O4. The second-order valence-electron chi connectivity index (χ2n) is 6.78. The molecule has 2 heterocycles. The monoisotopic (exact) mass is 335 g/mol. The number of para-hydroxylation sites is 2. The van der Waals surface area contributed by atoms with Crippen LogP contribution in [0.2, 0.25) is 0 Å². The maximum absolute atomic E-state index is 11.0. The molecule has 0 aliphatic carbocycles. The van der Waals surface area contributed by atoms with Gasteiger partial charge in [-0.25, -0.2) is 0 Å². The number of β-amino-alcohol motifs (C(OH)–C–C–N with tert-alkyl or cyclic N) is 1. The van der Waals surface area contributed by atoms with Crippen LogP contribution in [0.5, 0.6) is 5.75 Å². The first-order valence-electron chi connectivity index (χ1n) is 8.57. The fourth-order valence-corrected chi connectivity index (χ4v) is 3.74. The number of fused-ring (bicyclic) bond motifs is 1. The van der Waals surface area contributed by atoms with Crippen molar-refractivity contribution in [2.75, 3.05) is 32.8 Å². The Hall–Kier alpha value is -1.70. The minimum atomic E-state index is -0.666. The predicted molar refractivity (Wildman–Crippen MR) is 90.2 cm³/mol. The van der Waals surface area contributed by atoms with Gasteiger partial charge in [-0.1, -0.05) is 12.1 Å². The Morgan fingerprint density at radius 2 is 2.21 bits per heavy atom. The number of nitro groups is 1. The molecule has 0 amide bonds. The third kappa shape index (κ3) is 3.85. The molecule has 1 N–H and O–H groups in total. The van der Waals surface area contributed by atoms with Gasteiger partial charge in [0.1, 0.15) is 12.7 Å². The summed E-state index contributed by atoms with van der Waals surface area (Å²) >= 11 is 0. The standard InChI is InChI=1S/C17H25N3O4/c1-13-9-18-8-4-5-14(18)10-19(13)11-15(21)12-24-17-7-3-2-6-16(17)20(22)23/h2-3,6-7,13-15,21H,4-5,8-12H2,1H3/t13-,14-,15+/m1/s1. The third-order valence-corrected chi connectivity index (χ3v) is 5.00. The minimum absolute atomic E-state index is 0.0580. The van der Waals surface area contributed by atoms with Crippen LogP contribution in [-0.2, 0) is 0 Å². The van der Waals surface area contributed by atoms with E-state index >= 15 is 0 Å². The van der Waals surface area contributed by atoms with E-state index in [4.69, 9.17) is 4.74 Å². The third-order valence-electron chi connectivity index (χ3n) is 5.00. The van der Waals surface area contributed by atoms with Crippen LogP contribution in [-0.4, -0.2) is 70.8 Å². The number of hydrogen-bond donors (Lipinski definition) is 1. The van der Waals surface area contributed by atoms with Crippen LogP contribution in [0.15, 0.2) is 24.3 Å². The van der Waals surface area contributed by atoms with Crippen molar-refractivity contribution in [2.45, 2.75) is 38.0 Å². The van der Waals surface area contributed by atoms with E-state index in [1.54, 1.807) is 18.2 Å². The van der Waals surface area contributed by atoms with Gasteiger partial charge < -0.3 is 9.84 Å². The summed E-state index contributed by atoms with van der Waals surface area (Å²) in [6, 6.07) is 7.26. The maximum atomic E-state index is 11.0. The Labute approximate surface area is 142 Å². The molecule has 3 atom stereocenters. The van der Waals surface area contributed by atoms with Gasteiger partial charge in [-0.3, -0.25) is 19.9 Å². The lowest BCUT2D eigenvalue weighted by atomic mass is 10.1. The van der Waals surface area contributed by atoms with E-state index in [9.17, 15) is 15.2 Å². The molecule has 1 aromatic rings. The highest BCUT2D eigenvalue weighted by Gasteiger charge is 2.34. The van der Waals surface area contributed by atoms with Gasteiger partial charge in [0.15, 0.2) is 5.75 Å². The highest BCUT2D eigenvalue weighted by Crippen LogP contribution is 2.27. The molecule has 3 rings (SSSR count). The lowest BCUT2D eigenvalue weighted by Gasteiger charge is -2.42. The number of benzene rings is 1. The first-order valence-corrected chi connectivity index (χ1v) is 8.57. The number of nitrogens with zero attached hydrogens (tertiary/aromatic N) is 3. The average molecular weight is 335 g/mol. The molecule has 2 aliphatic heterocycles. The van der Waals surface area contributed by atoms with Gasteiger partial charge in [0.25, 0.3) is 0 Å². The number of hydrogen-bond acceptors (Lipinski definition) is 6. The van der Waals surface area contributed by atoms with Crippen LogP contribution >= 0.6 is 0 Å². The summed E-state index contributed by atoms with van der Waals surface area (Å²) in [5.41, 5.74) is -0.0716. The molecule has 2 fully saturated rings. The maximum Gasteiger partial charge on any atom is 0.310 e. The summed E-state index contributed by atoms with van der Waals surface area (Å²) < 4.78 is 5.49. The van der Waals surface area contributed by atoms with Crippen molar-refractivity contribution in [3.05, 3.63) is 34.4 Å². The molecular weight excluding hydrogens is 310 g/mol. The molecule has 7 heteroatoms. The Morgan fingerprint density at radius 3 is 3.00 bits per heavy atom. The van der Waals surface area contributed by atoms with Crippen LogP contribution in [0.1, 0.15) is 19.8 Å². The number of piperazine rings is 1.